The first-order valence-corrected chi connectivity index (χ1v) is 9.57. The Labute approximate surface area is 168 Å². The number of anilines is 2. The molecule has 5 rings (SSSR count). The minimum atomic E-state index is 0.747. The molecule has 4 heterocycles. The van der Waals surface area contributed by atoms with Gasteiger partial charge < -0.3 is 14.5 Å². The summed E-state index contributed by atoms with van der Waals surface area (Å²) in [6, 6.07) is 14.0. The number of methoxy groups -OCH3 is 1. The predicted molar refractivity (Wildman–Crippen MR) is 112 cm³/mol. The topological polar surface area (TPSA) is 72.2 Å². The fourth-order valence-electron chi connectivity index (χ4n) is 3.70. The van der Waals surface area contributed by atoms with Gasteiger partial charge in [-0.1, -0.05) is 6.07 Å². The maximum Gasteiger partial charge on any atom is 0.170 e. The van der Waals surface area contributed by atoms with Crippen molar-refractivity contribution in [3.8, 4) is 11.6 Å². The summed E-state index contributed by atoms with van der Waals surface area (Å²) in [6.45, 7) is 3.61. The van der Waals surface area contributed by atoms with Gasteiger partial charge in [-0.25, -0.2) is 15.0 Å². The summed E-state index contributed by atoms with van der Waals surface area (Å²) in [4.78, 5) is 18.1. The molecule has 0 bridgehead atoms. The Morgan fingerprint density at radius 1 is 0.862 bits per heavy atom. The van der Waals surface area contributed by atoms with Gasteiger partial charge in [-0.2, -0.15) is 9.78 Å². The molecule has 1 aliphatic heterocycles. The third kappa shape index (κ3) is 3.22. The van der Waals surface area contributed by atoms with Crippen LogP contribution < -0.4 is 14.5 Å². The van der Waals surface area contributed by atoms with E-state index < -0.39 is 0 Å². The van der Waals surface area contributed by atoms with Crippen LogP contribution in [0.4, 0.5) is 11.5 Å². The number of ether oxygens (including phenoxy) is 1. The van der Waals surface area contributed by atoms with Crippen LogP contribution >= 0.6 is 0 Å². The minimum Gasteiger partial charge on any atom is -0.497 e. The Balaban J connectivity index is 1.37. The Kier molecular flexibility index (Phi) is 4.44. The molecule has 0 amide bonds. The lowest BCUT2D eigenvalue weighted by Crippen LogP contribution is -2.46. The Morgan fingerprint density at radius 3 is 2.38 bits per heavy atom. The van der Waals surface area contributed by atoms with Crippen LogP contribution in [0.1, 0.15) is 0 Å². The minimum absolute atomic E-state index is 0.747. The zero-order chi connectivity index (χ0) is 19.6. The molecule has 1 aromatic carbocycles. The summed E-state index contributed by atoms with van der Waals surface area (Å²) >= 11 is 0. The number of fused-ring (bicyclic) bond motifs is 1. The Hall–Kier alpha value is -3.68. The number of aromatic nitrogens is 5. The molecule has 3 aromatic heterocycles. The van der Waals surface area contributed by atoms with Crippen LogP contribution in [0.2, 0.25) is 0 Å². The molecular weight excluding hydrogens is 366 g/mol. The van der Waals surface area contributed by atoms with Crippen molar-refractivity contribution in [3.63, 3.8) is 0 Å². The van der Waals surface area contributed by atoms with E-state index in [0.717, 1.165) is 54.6 Å². The van der Waals surface area contributed by atoms with Gasteiger partial charge in [0.25, 0.3) is 0 Å². The van der Waals surface area contributed by atoms with Gasteiger partial charge >= 0.3 is 0 Å². The van der Waals surface area contributed by atoms with Crippen LogP contribution in [0.25, 0.3) is 16.9 Å². The number of pyridine rings is 1. The van der Waals surface area contributed by atoms with Crippen molar-refractivity contribution in [2.45, 2.75) is 0 Å². The standard InChI is InChI=1S/C21H21N7O/c1-29-17-7-5-16(6-8-17)26-10-12-27(13-11-26)20-18-14-25-28(21(18)24-15-23-20)19-4-2-3-9-22-19/h2-9,14-15H,10-13H2,1H3. The molecule has 0 unspecified atom stereocenters. The summed E-state index contributed by atoms with van der Waals surface area (Å²) in [7, 11) is 1.69. The number of hydrogen-bond acceptors (Lipinski definition) is 7. The lowest BCUT2D eigenvalue weighted by molar-refractivity contribution is 0.415. The quantitative estimate of drug-likeness (QED) is 0.533. The predicted octanol–water partition coefficient (Wildman–Crippen LogP) is 2.55. The van der Waals surface area contributed by atoms with Crippen molar-refractivity contribution in [3.05, 3.63) is 61.2 Å². The van der Waals surface area contributed by atoms with Crippen LogP contribution in [-0.2, 0) is 0 Å². The van der Waals surface area contributed by atoms with Gasteiger partial charge in [0.2, 0.25) is 0 Å². The number of nitrogens with zero attached hydrogens (tertiary/aromatic N) is 7. The van der Waals surface area contributed by atoms with E-state index in [-0.39, 0.29) is 0 Å². The monoisotopic (exact) mass is 387 g/mol. The Bertz CT molecular complexity index is 1100. The van der Waals surface area contributed by atoms with E-state index in [1.165, 1.54) is 5.69 Å². The summed E-state index contributed by atoms with van der Waals surface area (Å²) in [5, 5.41) is 5.44. The highest BCUT2D eigenvalue weighted by Crippen LogP contribution is 2.26. The number of benzene rings is 1. The molecule has 146 valence electrons. The van der Waals surface area contributed by atoms with Gasteiger partial charge in [0.15, 0.2) is 11.5 Å². The molecule has 0 atom stereocenters. The molecule has 1 saturated heterocycles. The van der Waals surface area contributed by atoms with Crippen molar-refractivity contribution in [2.24, 2.45) is 0 Å². The van der Waals surface area contributed by atoms with Crippen molar-refractivity contribution in [1.29, 1.82) is 0 Å². The van der Waals surface area contributed by atoms with E-state index in [1.54, 1.807) is 24.3 Å². The average Bonchev–Trinajstić information content (AvgIpc) is 3.24. The van der Waals surface area contributed by atoms with E-state index in [0.29, 0.717) is 0 Å². The molecule has 8 heteroatoms. The second-order valence-corrected chi connectivity index (χ2v) is 6.85. The van der Waals surface area contributed by atoms with E-state index in [2.05, 4.69) is 42.0 Å². The second-order valence-electron chi connectivity index (χ2n) is 6.85. The lowest BCUT2D eigenvalue weighted by Gasteiger charge is -2.36. The van der Waals surface area contributed by atoms with Gasteiger partial charge in [0, 0.05) is 38.1 Å². The number of hydrogen-bond donors (Lipinski definition) is 0. The van der Waals surface area contributed by atoms with E-state index in [4.69, 9.17) is 4.74 Å². The summed E-state index contributed by atoms with van der Waals surface area (Å²) in [5.74, 6) is 2.55. The summed E-state index contributed by atoms with van der Waals surface area (Å²) < 4.78 is 7.01. The van der Waals surface area contributed by atoms with E-state index in [9.17, 15) is 0 Å². The second kappa shape index (κ2) is 7.38. The maximum atomic E-state index is 5.25. The Morgan fingerprint density at radius 2 is 1.66 bits per heavy atom. The molecule has 1 aliphatic rings. The van der Waals surface area contributed by atoms with Crippen LogP contribution in [0.5, 0.6) is 5.75 Å². The van der Waals surface area contributed by atoms with Gasteiger partial charge in [0.05, 0.1) is 18.7 Å². The number of piperazine rings is 1. The molecule has 0 radical (unpaired) electrons. The van der Waals surface area contributed by atoms with Crippen molar-refractivity contribution in [2.75, 3.05) is 43.1 Å². The molecule has 1 fully saturated rings. The SMILES string of the molecule is COc1ccc(N2CCN(c3ncnc4c3cnn4-c3ccccn3)CC2)cc1. The van der Waals surface area contributed by atoms with Gasteiger partial charge in [0.1, 0.15) is 17.9 Å². The molecule has 0 saturated carbocycles. The maximum absolute atomic E-state index is 5.25. The van der Waals surface area contributed by atoms with E-state index in [1.807, 2.05) is 36.5 Å². The molecule has 4 aromatic rings. The molecule has 0 N–H and O–H groups in total. The zero-order valence-electron chi connectivity index (χ0n) is 16.1. The normalized spacial score (nSPS) is 14.4. The van der Waals surface area contributed by atoms with Gasteiger partial charge in [-0.15, -0.1) is 0 Å². The highest BCUT2D eigenvalue weighted by atomic mass is 16.5. The smallest absolute Gasteiger partial charge is 0.170 e. The van der Waals surface area contributed by atoms with Crippen LogP contribution in [-0.4, -0.2) is 58.0 Å². The highest BCUT2D eigenvalue weighted by Gasteiger charge is 2.22. The van der Waals surface area contributed by atoms with Crippen LogP contribution in [0.15, 0.2) is 61.2 Å². The first-order valence-electron chi connectivity index (χ1n) is 9.57. The van der Waals surface area contributed by atoms with Crippen molar-refractivity contribution in [1.82, 2.24) is 24.7 Å². The first kappa shape index (κ1) is 17.4. The van der Waals surface area contributed by atoms with Gasteiger partial charge in [-0.05, 0) is 36.4 Å². The molecule has 0 aliphatic carbocycles. The summed E-state index contributed by atoms with van der Waals surface area (Å²) in [5.41, 5.74) is 1.98. The number of rotatable bonds is 4. The van der Waals surface area contributed by atoms with Crippen LogP contribution in [0, 0.1) is 0 Å². The molecule has 29 heavy (non-hydrogen) atoms. The van der Waals surface area contributed by atoms with Gasteiger partial charge in [-0.3, -0.25) is 0 Å². The molecule has 0 spiro atoms. The largest absolute Gasteiger partial charge is 0.497 e. The fourth-order valence-corrected chi connectivity index (χ4v) is 3.70. The average molecular weight is 387 g/mol. The van der Waals surface area contributed by atoms with E-state index >= 15 is 0 Å². The molecule has 8 nitrogen and oxygen atoms in total. The summed E-state index contributed by atoms with van der Waals surface area (Å²) in [6.07, 6.45) is 5.19. The lowest BCUT2D eigenvalue weighted by atomic mass is 10.2. The van der Waals surface area contributed by atoms with Crippen LogP contribution in [0.3, 0.4) is 0 Å². The van der Waals surface area contributed by atoms with Crippen molar-refractivity contribution >= 4 is 22.5 Å². The third-order valence-electron chi connectivity index (χ3n) is 5.23. The van der Waals surface area contributed by atoms with Crippen molar-refractivity contribution < 1.29 is 4.74 Å². The molecular formula is C21H21N7O. The first-order chi connectivity index (χ1) is 14.3. The zero-order valence-corrected chi connectivity index (χ0v) is 16.1. The fraction of sp³-hybridized carbons (Fsp3) is 0.238. The highest BCUT2D eigenvalue weighted by molar-refractivity contribution is 5.87. The third-order valence-corrected chi connectivity index (χ3v) is 5.23.